The Bertz CT molecular complexity index is 1340. The molecule has 2 aromatic heterocycles. The van der Waals surface area contributed by atoms with Crippen molar-refractivity contribution in [1.29, 1.82) is 5.26 Å². The number of aromatic amines is 1. The number of halogens is 4. The zero-order chi connectivity index (χ0) is 26.3. The van der Waals surface area contributed by atoms with Crippen molar-refractivity contribution >= 4 is 34.5 Å². The fraction of sp³-hybridized carbons (Fsp3) is 0.417. The fourth-order valence-electron chi connectivity index (χ4n) is 4.24. The van der Waals surface area contributed by atoms with Gasteiger partial charge in [-0.1, -0.05) is 17.7 Å². The van der Waals surface area contributed by atoms with Crippen LogP contribution in [0.3, 0.4) is 0 Å². The number of anilines is 1. The maximum atomic E-state index is 13.9. The fourth-order valence-corrected chi connectivity index (χ4v) is 4.50. The van der Waals surface area contributed by atoms with E-state index >= 15 is 0 Å². The van der Waals surface area contributed by atoms with E-state index in [1.807, 2.05) is 6.07 Å². The highest BCUT2D eigenvalue weighted by Crippen LogP contribution is 2.40. The number of fused-ring (bicyclic) bond motifs is 1. The highest BCUT2D eigenvalue weighted by molar-refractivity contribution is 6.36. The Morgan fingerprint density at radius 3 is 2.64 bits per heavy atom. The maximum absolute atomic E-state index is 13.9. The molecule has 1 fully saturated rings. The summed E-state index contributed by atoms with van der Waals surface area (Å²) >= 11 is 6.25. The van der Waals surface area contributed by atoms with Gasteiger partial charge >= 0.3 is 12.3 Å². The van der Waals surface area contributed by atoms with Crippen LogP contribution in [0.2, 0.25) is 5.02 Å². The number of nitriles is 1. The normalized spacial score (nSPS) is 18.2. The molecule has 0 unspecified atom stereocenters. The predicted molar refractivity (Wildman–Crippen MR) is 128 cm³/mol. The van der Waals surface area contributed by atoms with Gasteiger partial charge in [0.15, 0.2) is 0 Å². The Balaban J connectivity index is 1.67. The molecule has 12 heteroatoms. The van der Waals surface area contributed by atoms with E-state index in [1.54, 1.807) is 20.8 Å². The monoisotopic (exact) mass is 520 g/mol. The summed E-state index contributed by atoms with van der Waals surface area (Å²) < 4.78 is 46.9. The number of carbonyl (C=O) groups excluding carboxylic acids is 1. The summed E-state index contributed by atoms with van der Waals surface area (Å²) in [4.78, 5) is 23.2. The van der Waals surface area contributed by atoms with Crippen molar-refractivity contribution < 1.29 is 22.7 Å². The molecule has 3 aromatic rings. The maximum Gasteiger partial charge on any atom is 0.419 e. The van der Waals surface area contributed by atoms with Crippen molar-refractivity contribution in [3.8, 4) is 17.3 Å². The molecule has 1 amide bonds. The van der Waals surface area contributed by atoms with E-state index in [1.165, 1.54) is 18.3 Å². The number of nitrogens with one attached hydrogen (secondary N) is 3. The molecule has 2 heterocycles. The Labute approximate surface area is 210 Å². The van der Waals surface area contributed by atoms with E-state index in [0.717, 1.165) is 12.6 Å². The first-order valence-electron chi connectivity index (χ1n) is 11.3. The van der Waals surface area contributed by atoms with Gasteiger partial charge in [-0.05, 0) is 46.1 Å². The average Bonchev–Trinajstić information content (AvgIpc) is 3.39. The molecule has 0 radical (unpaired) electrons. The molecule has 0 saturated heterocycles. The molecule has 2 atom stereocenters. The van der Waals surface area contributed by atoms with Crippen molar-refractivity contribution in [1.82, 2.24) is 20.3 Å². The summed E-state index contributed by atoms with van der Waals surface area (Å²) in [7, 11) is 0. The third-order valence-electron chi connectivity index (χ3n) is 5.80. The van der Waals surface area contributed by atoms with Crippen molar-refractivity contribution in [2.45, 2.75) is 63.9 Å². The summed E-state index contributed by atoms with van der Waals surface area (Å²) in [6.45, 7) is 5.27. The van der Waals surface area contributed by atoms with Crippen molar-refractivity contribution in [3.63, 3.8) is 0 Å². The zero-order valence-electron chi connectivity index (χ0n) is 19.8. The lowest BCUT2D eigenvalue weighted by atomic mass is 10.0. The molecule has 0 bridgehead atoms. The van der Waals surface area contributed by atoms with Crippen LogP contribution in [-0.2, 0) is 10.9 Å². The van der Waals surface area contributed by atoms with Gasteiger partial charge < -0.3 is 20.4 Å². The third-order valence-corrected chi connectivity index (χ3v) is 6.19. The number of alkyl halides is 3. The summed E-state index contributed by atoms with van der Waals surface area (Å²) in [5.74, 6) is -0.00465. The van der Waals surface area contributed by atoms with Gasteiger partial charge in [0, 0.05) is 29.4 Å². The van der Waals surface area contributed by atoms with Crippen LogP contribution in [0.5, 0.6) is 0 Å². The summed E-state index contributed by atoms with van der Waals surface area (Å²) in [5, 5.41) is 15.6. The van der Waals surface area contributed by atoms with Gasteiger partial charge in [-0.3, -0.25) is 0 Å². The van der Waals surface area contributed by atoms with Gasteiger partial charge in [0.05, 0.1) is 27.8 Å². The molecule has 3 N–H and O–H groups in total. The molecule has 1 aliphatic rings. The number of H-pyrrole nitrogens is 1. The first kappa shape index (κ1) is 25.6. The van der Waals surface area contributed by atoms with Crippen LogP contribution in [-0.4, -0.2) is 38.7 Å². The highest BCUT2D eigenvalue weighted by Gasteiger charge is 2.37. The lowest BCUT2D eigenvalue weighted by molar-refractivity contribution is -0.137. The van der Waals surface area contributed by atoms with Crippen LogP contribution in [0, 0.1) is 11.3 Å². The van der Waals surface area contributed by atoms with Crippen LogP contribution in [0.15, 0.2) is 24.5 Å². The topological polar surface area (TPSA) is 116 Å². The Morgan fingerprint density at radius 2 is 1.97 bits per heavy atom. The van der Waals surface area contributed by atoms with Gasteiger partial charge in [0.1, 0.15) is 17.2 Å². The van der Waals surface area contributed by atoms with Gasteiger partial charge in [-0.15, -0.1) is 0 Å². The van der Waals surface area contributed by atoms with Gasteiger partial charge in [-0.2, -0.15) is 18.4 Å². The number of hydrogen-bond donors (Lipinski definition) is 3. The summed E-state index contributed by atoms with van der Waals surface area (Å²) in [6.07, 6.45) is -1.02. The van der Waals surface area contributed by atoms with Crippen LogP contribution in [0.1, 0.15) is 51.2 Å². The second kappa shape index (κ2) is 9.50. The van der Waals surface area contributed by atoms with Gasteiger partial charge in [0.25, 0.3) is 0 Å². The number of hydrogen-bond acceptors (Lipinski definition) is 6. The summed E-state index contributed by atoms with van der Waals surface area (Å²) in [6, 6.07) is 4.32. The van der Waals surface area contributed by atoms with Crippen LogP contribution in [0.4, 0.5) is 23.9 Å². The molecule has 1 aliphatic carbocycles. The standard InChI is InChI=1S/C24H24ClF3N6O2/c1-23(2,3)36-22(35)33-17-6-4-5-16(17)32-21-31-11-15(24(26,27)28)19(34-21)14-10-30-20-13(14)8-7-12(9-29)18(20)25/h7-8,10-11,16-17,30H,4-6H2,1-3H3,(H,33,35)(H,31,32,34)/t16-,17-/m0/s1. The molecule has 0 aliphatic heterocycles. The summed E-state index contributed by atoms with van der Waals surface area (Å²) in [5.41, 5.74) is -1.30. The quantitative estimate of drug-likeness (QED) is 0.387. The number of rotatable bonds is 4. The lowest BCUT2D eigenvalue weighted by Crippen LogP contribution is -2.45. The van der Waals surface area contributed by atoms with Gasteiger partial charge in [0.2, 0.25) is 5.95 Å². The van der Waals surface area contributed by atoms with Crippen LogP contribution in [0.25, 0.3) is 22.2 Å². The Kier molecular flexibility index (Phi) is 6.75. The number of aromatic nitrogens is 3. The van der Waals surface area contributed by atoms with E-state index in [-0.39, 0.29) is 39.9 Å². The molecule has 4 rings (SSSR count). The molecular weight excluding hydrogens is 497 g/mol. The number of nitrogens with zero attached hydrogens (tertiary/aromatic N) is 3. The molecule has 190 valence electrons. The van der Waals surface area contributed by atoms with Gasteiger partial charge in [-0.25, -0.2) is 14.8 Å². The van der Waals surface area contributed by atoms with E-state index in [2.05, 4.69) is 25.6 Å². The van der Waals surface area contributed by atoms with Crippen LogP contribution >= 0.6 is 11.6 Å². The number of benzene rings is 1. The lowest BCUT2D eigenvalue weighted by Gasteiger charge is -2.25. The first-order valence-corrected chi connectivity index (χ1v) is 11.7. The predicted octanol–water partition coefficient (Wildman–Crippen LogP) is 6.03. The minimum atomic E-state index is -4.71. The zero-order valence-corrected chi connectivity index (χ0v) is 20.5. The van der Waals surface area contributed by atoms with E-state index in [9.17, 15) is 23.2 Å². The first-order chi connectivity index (χ1) is 16.9. The Hall–Kier alpha value is -3.52. The molecule has 1 aromatic carbocycles. The average molecular weight is 521 g/mol. The van der Waals surface area contributed by atoms with E-state index in [4.69, 9.17) is 16.3 Å². The Morgan fingerprint density at radius 1 is 1.25 bits per heavy atom. The highest BCUT2D eigenvalue weighted by atomic mass is 35.5. The van der Waals surface area contributed by atoms with E-state index < -0.39 is 23.4 Å². The molecular formula is C24H24ClF3N6O2. The number of alkyl carbamates (subject to hydrolysis) is 1. The number of ether oxygens (including phenoxy) is 1. The molecule has 1 saturated carbocycles. The second-order valence-electron chi connectivity index (χ2n) is 9.55. The molecule has 8 nitrogen and oxygen atoms in total. The smallest absolute Gasteiger partial charge is 0.419 e. The van der Waals surface area contributed by atoms with Crippen molar-refractivity contribution in [2.75, 3.05) is 5.32 Å². The van der Waals surface area contributed by atoms with Crippen molar-refractivity contribution in [3.05, 3.63) is 40.7 Å². The second-order valence-corrected chi connectivity index (χ2v) is 9.93. The van der Waals surface area contributed by atoms with Crippen molar-refractivity contribution in [2.24, 2.45) is 0 Å². The minimum absolute atomic E-state index is 0.00465. The number of amides is 1. The van der Waals surface area contributed by atoms with Crippen LogP contribution < -0.4 is 10.6 Å². The van der Waals surface area contributed by atoms with E-state index in [0.29, 0.717) is 23.7 Å². The molecule has 0 spiro atoms. The minimum Gasteiger partial charge on any atom is -0.444 e. The third kappa shape index (κ3) is 5.33. The SMILES string of the molecule is CC(C)(C)OC(=O)N[C@H]1CCC[C@@H]1Nc1ncc(C(F)(F)F)c(-c2c[nH]c3c(Cl)c(C#N)ccc23)n1. The largest absolute Gasteiger partial charge is 0.444 e. The molecule has 36 heavy (non-hydrogen) atoms. The number of carbonyl (C=O) groups is 1.